The quantitative estimate of drug-likeness (QED) is 0.560. The molecule has 1 N–H and O–H groups in total. The Morgan fingerprint density at radius 1 is 1.19 bits per heavy atom. The van der Waals surface area contributed by atoms with Gasteiger partial charge in [0, 0.05) is 13.0 Å². The molecular formula is C15H23NO4S. The van der Waals surface area contributed by atoms with Crippen LogP contribution in [0, 0.1) is 0 Å². The summed E-state index contributed by atoms with van der Waals surface area (Å²) in [4.78, 5) is 11.2. The number of hydrogen-bond donors (Lipinski definition) is 1. The van der Waals surface area contributed by atoms with Crippen molar-refractivity contribution in [3.05, 3.63) is 29.8 Å². The maximum atomic E-state index is 12.0. The monoisotopic (exact) mass is 313 g/mol. The Hall–Kier alpha value is -1.40. The van der Waals surface area contributed by atoms with Gasteiger partial charge < -0.3 is 4.74 Å². The number of ether oxygens (including phenoxy) is 1. The molecule has 21 heavy (non-hydrogen) atoms. The first kappa shape index (κ1) is 17.7. The molecule has 0 saturated heterocycles. The molecule has 1 rings (SSSR count). The van der Waals surface area contributed by atoms with Gasteiger partial charge in [-0.25, -0.2) is 13.1 Å². The maximum absolute atomic E-state index is 12.0. The van der Waals surface area contributed by atoms with Crippen molar-refractivity contribution in [1.29, 1.82) is 0 Å². The Morgan fingerprint density at radius 3 is 2.43 bits per heavy atom. The van der Waals surface area contributed by atoms with E-state index in [0.717, 1.165) is 24.8 Å². The Kier molecular flexibility index (Phi) is 7.39. The molecule has 0 radical (unpaired) electrons. The van der Waals surface area contributed by atoms with Crippen molar-refractivity contribution in [2.75, 3.05) is 13.7 Å². The molecule has 0 aromatic heterocycles. The molecule has 0 aliphatic carbocycles. The summed E-state index contributed by atoms with van der Waals surface area (Å²) in [5.41, 5.74) is 1.14. The van der Waals surface area contributed by atoms with Crippen molar-refractivity contribution in [3.8, 4) is 0 Å². The fourth-order valence-electron chi connectivity index (χ4n) is 1.84. The topological polar surface area (TPSA) is 72.5 Å². The van der Waals surface area contributed by atoms with Gasteiger partial charge in [0.15, 0.2) is 0 Å². The van der Waals surface area contributed by atoms with E-state index in [2.05, 4.69) is 16.4 Å². The van der Waals surface area contributed by atoms with Crippen molar-refractivity contribution in [2.24, 2.45) is 0 Å². The van der Waals surface area contributed by atoms with E-state index in [-0.39, 0.29) is 23.8 Å². The maximum Gasteiger partial charge on any atom is 0.305 e. The minimum Gasteiger partial charge on any atom is -0.469 e. The van der Waals surface area contributed by atoms with Gasteiger partial charge in [-0.05, 0) is 37.0 Å². The highest BCUT2D eigenvalue weighted by Gasteiger charge is 2.13. The van der Waals surface area contributed by atoms with E-state index in [0.29, 0.717) is 6.42 Å². The Bertz CT molecular complexity index is 537. The Labute approximate surface area is 126 Å². The van der Waals surface area contributed by atoms with Gasteiger partial charge in [0.25, 0.3) is 0 Å². The van der Waals surface area contributed by atoms with E-state index < -0.39 is 10.0 Å². The minimum absolute atomic E-state index is 0.203. The van der Waals surface area contributed by atoms with Crippen molar-refractivity contribution in [1.82, 2.24) is 4.72 Å². The second-order valence-electron chi connectivity index (χ2n) is 4.82. The van der Waals surface area contributed by atoms with Crippen LogP contribution in [0.1, 0.15) is 38.2 Å². The number of esters is 1. The molecular weight excluding hydrogens is 290 g/mol. The van der Waals surface area contributed by atoms with E-state index in [1.165, 1.54) is 7.11 Å². The van der Waals surface area contributed by atoms with E-state index in [1.807, 2.05) is 12.1 Å². The molecule has 0 spiro atoms. The summed E-state index contributed by atoms with van der Waals surface area (Å²) in [5, 5.41) is 0. The number of hydrogen-bond acceptors (Lipinski definition) is 4. The molecule has 0 aliphatic rings. The highest BCUT2D eigenvalue weighted by Crippen LogP contribution is 2.12. The van der Waals surface area contributed by atoms with Gasteiger partial charge in [0.2, 0.25) is 10.0 Å². The molecule has 0 saturated carbocycles. The number of carbonyl (C=O) groups excluding carboxylic acids is 1. The standard InChI is InChI=1S/C15H23NO4S/c1-3-4-6-13-8-10-14(11-9-13)21(18,19)16-12-5-7-15(17)20-2/h8-11,16H,3-7,12H2,1-2H3. The van der Waals surface area contributed by atoms with Gasteiger partial charge in [0.05, 0.1) is 12.0 Å². The van der Waals surface area contributed by atoms with Gasteiger partial charge in [0.1, 0.15) is 0 Å². The summed E-state index contributed by atoms with van der Waals surface area (Å²) >= 11 is 0. The van der Waals surface area contributed by atoms with Crippen LogP contribution in [0.3, 0.4) is 0 Å². The lowest BCUT2D eigenvalue weighted by Crippen LogP contribution is -2.25. The number of rotatable bonds is 9. The van der Waals surface area contributed by atoms with Gasteiger partial charge in [-0.2, -0.15) is 0 Å². The summed E-state index contributed by atoms with van der Waals surface area (Å²) in [6.45, 7) is 2.34. The van der Waals surface area contributed by atoms with Crippen LogP contribution in [0.5, 0.6) is 0 Å². The SMILES string of the molecule is CCCCc1ccc(S(=O)(=O)NCCCC(=O)OC)cc1. The summed E-state index contributed by atoms with van der Waals surface area (Å²) in [7, 11) is -2.19. The summed E-state index contributed by atoms with van der Waals surface area (Å²) in [6.07, 6.45) is 3.79. The summed E-state index contributed by atoms with van der Waals surface area (Å²) in [6, 6.07) is 6.93. The van der Waals surface area contributed by atoms with Gasteiger partial charge in [-0.1, -0.05) is 25.5 Å². The third-order valence-electron chi connectivity index (χ3n) is 3.13. The van der Waals surface area contributed by atoms with Crippen LogP contribution < -0.4 is 4.72 Å². The van der Waals surface area contributed by atoms with Crippen LogP contribution in [-0.2, 0) is 26.0 Å². The second-order valence-corrected chi connectivity index (χ2v) is 6.59. The average Bonchev–Trinajstić information content (AvgIpc) is 2.49. The minimum atomic E-state index is -3.50. The molecule has 0 heterocycles. The third-order valence-corrected chi connectivity index (χ3v) is 4.61. The largest absolute Gasteiger partial charge is 0.469 e. The zero-order chi connectivity index (χ0) is 15.7. The molecule has 0 atom stereocenters. The van der Waals surface area contributed by atoms with E-state index >= 15 is 0 Å². The highest BCUT2D eigenvalue weighted by atomic mass is 32.2. The van der Waals surface area contributed by atoms with Gasteiger partial charge in [-0.15, -0.1) is 0 Å². The fourth-order valence-corrected chi connectivity index (χ4v) is 2.91. The molecule has 1 aromatic rings. The first-order chi connectivity index (χ1) is 9.99. The van der Waals surface area contributed by atoms with Gasteiger partial charge in [-0.3, -0.25) is 4.79 Å². The number of nitrogens with one attached hydrogen (secondary N) is 1. The lowest BCUT2D eigenvalue weighted by atomic mass is 10.1. The molecule has 0 amide bonds. The Morgan fingerprint density at radius 2 is 1.86 bits per heavy atom. The number of methoxy groups -OCH3 is 1. The molecule has 1 aromatic carbocycles. The highest BCUT2D eigenvalue weighted by molar-refractivity contribution is 7.89. The number of sulfonamides is 1. The lowest BCUT2D eigenvalue weighted by Gasteiger charge is -2.07. The van der Waals surface area contributed by atoms with Crippen LogP contribution in [0.25, 0.3) is 0 Å². The molecule has 6 heteroatoms. The number of unbranched alkanes of at least 4 members (excludes halogenated alkanes) is 1. The van der Waals surface area contributed by atoms with Crippen molar-refractivity contribution < 1.29 is 17.9 Å². The molecule has 0 bridgehead atoms. The average molecular weight is 313 g/mol. The fraction of sp³-hybridized carbons (Fsp3) is 0.533. The Balaban J connectivity index is 2.52. The van der Waals surface area contributed by atoms with Gasteiger partial charge >= 0.3 is 5.97 Å². The predicted octanol–water partition coefficient (Wildman–Crippen LogP) is 2.26. The van der Waals surface area contributed by atoms with Crippen LogP contribution in [0.2, 0.25) is 0 Å². The summed E-state index contributed by atoms with van der Waals surface area (Å²) < 4.78 is 31.1. The molecule has 0 aliphatic heterocycles. The van der Waals surface area contributed by atoms with Crippen LogP contribution in [0.4, 0.5) is 0 Å². The van der Waals surface area contributed by atoms with Crippen molar-refractivity contribution in [3.63, 3.8) is 0 Å². The van der Waals surface area contributed by atoms with Crippen molar-refractivity contribution >= 4 is 16.0 Å². The molecule has 5 nitrogen and oxygen atoms in total. The predicted molar refractivity (Wildman–Crippen MR) is 81.5 cm³/mol. The zero-order valence-corrected chi connectivity index (χ0v) is 13.4. The summed E-state index contributed by atoms with van der Waals surface area (Å²) in [5.74, 6) is -0.338. The van der Waals surface area contributed by atoms with E-state index in [4.69, 9.17) is 0 Å². The van der Waals surface area contributed by atoms with Crippen molar-refractivity contribution in [2.45, 2.75) is 43.9 Å². The number of aryl methyl sites for hydroxylation is 1. The number of benzene rings is 1. The molecule has 0 unspecified atom stereocenters. The molecule has 0 fully saturated rings. The first-order valence-electron chi connectivity index (χ1n) is 7.15. The smallest absolute Gasteiger partial charge is 0.305 e. The second kappa shape index (κ2) is 8.79. The third kappa shape index (κ3) is 6.27. The normalized spacial score (nSPS) is 11.3. The van der Waals surface area contributed by atoms with Crippen LogP contribution >= 0.6 is 0 Å². The number of carbonyl (C=O) groups is 1. The lowest BCUT2D eigenvalue weighted by molar-refractivity contribution is -0.140. The zero-order valence-electron chi connectivity index (χ0n) is 12.6. The first-order valence-corrected chi connectivity index (χ1v) is 8.63. The molecule has 118 valence electrons. The van der Waals surface area contributed by atoms with E-state index in [9.17, 15) is 13.2 Å². The van der Waals surface area contributed by atoms with Crippen LogP contribution in [-0.4, -0.2) is 28.0 Å². The van der Waals surface area contributed by atoms with Crippen LogP contribution in [0.15, 0.2) is 29.2 Å². The van der Waals surface area contributed by atoms with E-state index in [1.54, 1.807) is 12.1 Å².